The Kier molecular flexibility index (Phi) is 6.42. The lowest BCUT2D eigenvalue weighted by atomic mass is 10.1. The molecule has 0 radical (unpaired) electrons. The van der Waals surface area contributed by atoms with Gasteiger partial charge in [0, 0.05) is 50.1 Å². The highest BCUT2D eigenvalue weighted by atomic mass is 35.5. The standard InChI is InChI=1S/C20H18ClFN4O4S2/c21-18-11-14(4-5-19(18)22)10-15-13-31-20(23-15)24-6-8-25(9-7-24)32(29,30)17-3-1-2-16(12-17)26(27)28/h1-5,11-13H,6-10H2. The minimum Gasteiger partial charge on any atom is -0.345 e. The smallest absolute Gasteiger partial charge is 0.270 e. The first-order chi connectivity index (χ1) is 15.2. The largest absolute Gasteiger partial charge is 0.345 e. The molecule has 1 aromatic heterocycles. The Labute approximate surface area is 193 Å². The van der Waals surface area contributed by atoms with Gasteiger partial charge in [-0.2, -0.15) is 4.31 Å². The van der Waals surface area contributed by atoms with Crippen molar-refractivity contribution in [3.8, 4) is 0 Å². The molecule has 0 bridgehead atoms. The van der Waals surface area contributed by atoms with Crippen LogP contribution in [-0.4, -0.2) is 48.8 Å². The van der Waals surface area contributed by atoms with Gasteiger partial charge < -0.3 is 4.90 Å². The summed E-state index contributed by atoms with van der Waals surface area (Å²) in [5.41, 5.74) is 1.41. The summed E-state index contributed by atoms with van der Waals surface area (Å²) in [4.78, 5) is 16.9. The van der Waals surface area contributed by atoms with E-state index in [0.717, 1.165) is 22.5 Å². The Morgan fingerprint density at radius 3 is 2.59 bits per heavy atom. The van der Waals surface area contributed by atoms with E-state index in [1.54, 1.807) is 12.1 Å². The highest BCUT2D eigenvalue weighted by Gasteiger charge is 2.30. The van der Waals surface area contributed by atoms with Crippen molar-refractivity contribution in [2.24, 2.45) is 0 Å². The molecule has 0 spiro atoms. The van der Waals surface area contributed by atoms with Crippen LogP contribution in [0.3, 0.4) is 0 Å². The fraction of sp³-hybridized carbons (Fsp3) is 0.250. The zero-order chi connectivity index (χ0) is 22.9. The highest BCUT2D eigenvalue weighted by Crippen LogP contribution is 2.27. The number of rotatable bonds is 6. The van der Waals surface area contributed by atoms with Gasteiger partial charge in [-0.25, -0.2) is 17.8 Å². The fourth-order valence-electron chi connectivity index (χ4n) is 3.41. The molecular weight excluding hydrogens is 479 g/mol. The molecule has 2 heterocycles. The predicted molar refractivity (Wildman–Crippen MR) is 120 cm³/mol. The zero-order valence-corrected chi connectivity index (χ0v) is 19.0. The van der Waals surface area contributed by atoms with Gasteiger partial charge in [-0.05, 0) is 23.8 Å². The second kappa shape index (κ2) is 9.10. The van der Waals surface area contributed by atoms with Crippen LogP contribution in [0.1, 0.15) is 11.3 Å². The Hall–Kier alpha value is -2.60. The van der Waals surface area contributed by atoms with Gasteiger partial charge in [0.2, 0.25) is 10.0 Å². The molecule has 0 atom stereocenters. The third kappa shape index (κ3) is 4.75. The summed E-state index contributed by atoms with van der Waals surface area (Å²) in [5.74, 6) is -0.465. The van der Waals surface area contributed by atoms with Crippen LogP contribution in [0.2, 0.25) is 5.02 Å². The van der Waals surface area contributed by atoms with Gasteiger partial charge in [0.05, 0.1) is 20.5 Å². The lowest BCUT2D eigenvalue weighted by Gasteiger charge is -2.33. The summed E-state index contributed by atoms with van der Waals surface area (Å²) < 4.78 is 40.5. The quantitative estimate of drug-likeness (QED) is 0.379. The number of nitro groups is 1. The molecule has 1 aliphatic heterocycles. The van der Waals surface area contributed by atoms with E-state index in [0.29, 0.717) is 19.5 Å². The predicted octanol–water partition coefficient (Wildman–Crippen LogP) is 3.95. The summed E-state index contributed by atoms with van der Waals surface area (Å²) >= 11 is 7.30. The monoisotopic (exact) mass is 496 g/mol. The van der Waals surface area contributed by atoms with Crippen LogP contribution >= 0.6 is 22.9 Å². The van der Waals surface area contributed by atoms with Gasteiger partial charge in [0.1, 0.15) is 5.82 Å². The maximum absolute atomic E-state index is 13.3. The van der Waals surface area contributed by atoms with Crippen molar-refractivity contribution in [2.75, 3.05) is 31.1 Å². The Bertz CT molecular complexity index is 1260. The molecule has 4 rings (SSSR count). The topological polar surface area (TPSA) is 96.6 Å². The van der Waals surface area contributed by atoms with Gasteiger partial charge in [-0.15, -0.1) is 11.3 Å². The van der Waals surface area contributed by atoms with Crippen LogP contribution in [-0.2, 0) is 16.4 Å². The number of anilines is 1. The lowest BCUT2D eigenvalue weighted by molar-refractivity contribution is -0.385. The van der Waals surface area contributed by atoms with E-state index >= 15 is 0 Å². The molecule has 0 aliphatic carbocycles. The van der Waals surface area contributed by atoms with Gasteiger partial charge >= 0.3 is 0 Å². The molecule has 0 unspecified atom stereocenters. The first-order valence-electron chi connectivity index (χ1n) is 9.62. The van der Waals surface area contributed by atoms with Crippen LogP contribution in [0.5, 0.6) is 0 Å². The molecule has 1 aliphatic rings. The number of nitrogens with zero attached hydrogens (tertiary/aromatic N) is 4. The van der Waals surface area contributed by atoms with Crippen molar-refractivity contribution in [1.29, 1.82) is 0 Å². The van der Waals surface area contributed by atoms with E-state index in [9.17, 15) is 22.9 Å². The van der Waals surface area contributed by atoms with Crippen molar-refractivity contribution in [1.82, 2.24) is 9.29 Å². The SMILES string of the molecule is O=[N+]([O-])c1cccc(S(=O)(=O)N2CCN(c3nc(Cc4ccc(F)c(Cl)c4)cs3)CC2)c1. The number of thiazole rings is 1. The normalized spacial score (nSPS) is 15.1. The van der Waals surface area contributed by atoms with Crippen LogP contribution < -0.4 is 4.90 Å². The number of hydrogen-bond donors (Lipinski definition) is 0. The minimum absolute atomic E-state index is 0.0685. The number of hydrogen-bond acceptors (Lipinski definition) is 7. The van der Waals surface area contributed by atoms with Crippen molar-refractivity contribution >= 4 is 43.8 Å². The molecule has 0 saturated carbocycles. The summed E-state index contributed by atoms with van der Waals surface area (Å²) in [5, 5.41) is 13.7. The van der Waals surface area contributed by atoms with Crippen molar-refractivity contribution < 1.29 is 17.7 Å². The van der Waals surface area contributed by atoms with E-state index in [-0.39, 0.29) is 28.7 Å². The Balaban J connectivity index is 1.41. The first-order valence-corrected chi connectivity index (χ1v) is 12.3. The molecule has 1 fully saturated rings. The summed E-state index contributed by atoms with van der Waals surface area (Å²) in [6.07, 6.45) is 0.512. The Morgan fingerprint density at radius 2 is 1.91 bits per heavy atom. The highest BCUT2D eigenvalue weighted by molar-refractivity contribution is 7.89. The van der Waals surface area contributed by atoms with E-state index in [4.69, 9.17) is 11.6 Å². The van der Waals surface area contributed by atoms with Crippen molar-refractivity contribution in [2.45, 2.75) is 11.3 Å². The maximum atomic E-state index is 13.3. The second-order valence-electron chi connectivity index (χ2n) is 7.19. The minimum atomic E-state index is -3.82. The zero-order valence-electron chi connectivity index (χ0n) is 16.6. The fourth-order valence-corrected chi connectivity index (χ4v) is 5.95. The third-order valence-electron chi connectivity index (χ3n) is 5.08. The molecule has 2 aromatic carbocycles. The van der Waals surface area contributed by atoms with E-state index in [1.165, 1.54) is 39.9 Å². The van der Waals surface area contributed by atoms with Gasteiger partial charge in [-0.3, -0.25) is 10.1 Å². The number of halogens is 2. The average molecular weight is 497 g/mol. The maximum Gasteiger partial charge on any atom is 0.270 e. The summed E-state index contributed by atoms with van der Waals surface area (Å²) in [6, 6.07) is 9.64. The molecule has 1 saturated heterocycles. The molecule has 32 heavy (non-hydrogen) atoms. The molecule has 0 N–H and O–H groups in total. The molecule has 3 aromatic rings. The van der Waals surface area contributed by atoms with Gasteiger partial charge in [0.25, 0.3) is 5.69 Å². The number of non-ortho nitro benzene ring substituents is 1. The molecule has 0 amide bonds. The molecule has 8 nitrogen and oxygen atoms in total. The molecular formula is C20H18ClFN4O4S2. The number of nitro benzene ring substituents is 1. The van der Waals surface area contributed by atoms with Crippen LogP contribution in [0.4, 0.5) is 15.2 Å². The number of sulfonamides is 1. The van der Waals surface area contributed by atoms with Gasteiger partial charge in [0.15, 0.2) is 5.13 Å². The molecule has 168 valence electrons. The number of aromatic nitrogens is 1. The van der Waals surface area contributed by atoms with Crippen molar-refractivity contribution in [3.63, 3.8) is 0 Å². The van der Waals surface area contributed by atoms with Gasteiger partial charge in [-0.1, -0.05) is 23.7 Å². The third-order valence-corrected chi connectivity index (χ3v) is 8.22. The van der Waals surface area contributed by atoms with Crippen LogP contribution in [0.25, 0.3) is 0 Å². The Morgan fingerprint density at radius 1 is 1.16 bits per heavy atom. The van der Waals surface area contributed by atoms with E-state index < -0.39 is 20.8 Å². The summed E-state index contributed by atoms with van der Waals surface area (Å²) in [7, 11) is -3.82. The van der Waals surface area contributed by atoms with Crippen LogP contribution in [0.15, 0.2) is 52.7 Å². The first kappa shape index (κ1) is 22.6. The second-order valence-corrected chi connectivity index (χ2v) is 10.4. The van der Waals surface area contributed by atoms with Crippen LogP contribution in [0, 0.1) is 15.9 Å². The lowest BCUT2D eigenvalue weighted by Crippen LogP contribution is -2.48. The number of piperazine rings is 1. The van der Waals surface area contributed by atoms with E-state index in [1.807, 2.05) is 10.3 Å². The number of benzene rings is 2. The molecule has 12 heteroatoms. The summed E-state index contributed by atoms with van der Waals surface area (Å²) in [6.45, 7) is 1.38. The van der Waals surface area contributed by atoms with Crippen molar-refractivity contribution in [3.05, 3.63) is 80.1 Å². The average Bonchev–Trinajstić information content (AvgIpc) is 3.25. The van der Waals surface area contributed by atoms with E-state index in [2.05, 4.69) is 4.98 Å².